The van der Waals surface area contributed by atoms with Gasteiger partial charge in [-0.05, 0) is 36.6 Å². The van der Waals surface area contributed by atoms with E-state index in [0.29, 0.717) is 17.3 Å². The van der Waals surface area contributed by atoms with Gasteiger partial charge in [0.05, 0.1) is 6.04 Å². The van der Waals surface area contributed by atoms with Crippen LogP contribution in [0, 0.1) is 0 Å². The molecule has 3 nitrogen and oxygen atoms in total. The first kappa shape index (κ1) is 14.0. The fourth-order valence-electron chi connectivity index (χ4n) is 2.70. The zero-order valence-corrected chi connectivity index (χ0v) is 12.3. The molecule has 108 valence electrons. The molecule has 2 aromatic carbocycles. The van der Waals surface area contributed by atoms with Crippen LogP contribution in [0.5, 0.6) is 5.75 Å². The molecule has 0 saturated carbocycles. The van der Waals surface area contributed by atoms with Gasteiger partial charge < -0.3 is 9.64 Å². The molecule has 1 atom stereocenters. The molecule has 0 aromatic heterocycles. The van der Waals surface area contributed by atoms with Crippen LogP contribution in [0.25, 0.3) is 0 Å². The average Bonchev–Trinajstić information content (AvgIpc) is 2.98. The first-order valence-electron chi connectivity index (χ1n) is 7.03. The van der Waals surface area contributed by atoms with Crippen molar-refractivity contribution < 1.29 is 9.53 Å². The number of carbonyl (C=O) groups is 1. The average molecular weight is 302 g/mol. The molecule has 0 aliphatic carbocycles. The van der Waals surface area contributed by atoms with Crippen LogP contribution in [0.15, 0.2) is 54.6 Å². The molecule has 1 aliphatic rings. The van der Waals surface area contributed by atoms with Crippen LogP contribution in [0.4, 0.5) is 4.79 Å². The van der Waals surface area contributed by atoms with Gasteiger partial charge in [0.2, 0.25) is 0 Å². The minimum atomic E-state index is -0.316. The Morgan fingerprint density at radius 1 is 1.10 bits per heavy atom. The van der Waals surface area contributed by atoms with E-state index in [9.17, 15) is 4.79 Å². The smallest absolute Gasteiger partial charge is 0.410 e. The molecule has 1 saturated heterocycles. The third-order valence-corrected chi connectivity index (χ3v) is 4.04. The van der Waals surface area contributed by atoms with Crippen molar-refractivity contribution in [3.05, 3.63) is 65.2 Å². The van der Waals surface area contributed by atoms with Crippen LogP contribution in [-0.2, 0) is 0 Å². The third kappa shape index (κ3) is 3.03. The van der Waals surface area contributed by atoms with Gasteiger partial charge in [-0.2, -0.15) is 0 Å². The number of para-hydroxylation sites is 1. The van der Waals surface area contributed by atoms with Gasteiger partial charge in [0, 0.05) is 11.6 Å². The summed E-state index contributed by atoms with van der Waals surface area (Å²) in [6.45, 7) is 0.696. The normalized spacial score (nSPS) is 17.8. The van der Waals surface area contributed by atoms with E-state index in [1.54, 1.807) is 17.0 Å². The molecular formula is C17H16ClNO2. The van der Waals surface area contributed by atoms with Gasteiger partial charge in [0.1, 0.15) is 5.75 Å². The lowest BCUT2D eigenvalue weighted by atomic mass is 10.0. The summed E-state index contributed by atoms with van der Waals surface area (Å²) in [5.74, 6) is 0.562. The van der Waals surface area contributed by atoms with Gasteiger partial charge in [-0.3, -0.25) is 0 Å². The van der Waals surface area contributed by atoms with Crippen molar-refractivity contribution in [1.29, 1.82) is 0 Å². The molecule has 21 heavy (non-hydrogen) atoms. The van der Waals surface area contributed by atoms with E-state index in [2.05, 4.69) is 0 Å². The maximum atomic E-state index is 12.4. The van der Waals surface area contributed by atoms with Crippen molar-refractivity contribution in [1.82, 2.24) is 4.90 Å². The van der Waals surface area contributed by atoms with Gasteiger partial charge in [-0.25, -0.2) is 4.79 Å². The highest BCUT2D eigenvalue weighted by molar-refractivity contribution is 6.31. The highest BCUT2D eigenvalue weighted by atomic mass is 35.5. The molecule has 2 aromatic rings. The Hall–Kier alpha value is -2.00. The summed E-state index contributed by atoms with van der Waals surface area (Å²) in [6.07, 6.45) is 1.55. The van der Waals surface area contributed by atoms with E-state index in [1.807, 2.05) is 42.5 Å². The molecule has 0 radical (unpaired) electrons. The minimum absolute atomic E-state index is 0.00471. The molecule has 1 fully saturated rings. The zero-order chi connectivity index (χ0) is 14.7. The molecule has 0 spiro atoms. The third-order valence-electron chi connectivity index (χ3n) is 3.70. The summed E-state index contributed by atoms with van der Waals surface area (Å²) >= 11 is 6.26. The summed E-state index contributed by atoms with van der Waals surface area (Å²) in [4.78, 5) is 14.1. The lowest BCUT2D eigenvalue weighted by Gasteiger charge is -2.25. The van der Waals surface area contributed by atoms with E-state index in [0.717, 1.165) is 18.4 Å². The van der Waals surface area contributed by atoms with E-state index < -0.39 is 0 Å². The molecule has 4 heteroatoms. The maximum absolute atomic E-state index is 12.4. The number of nitrogens with zero attached hydrogens (tertiary/aromatic N) is 1. The fourth-order valence-corrected chi connectivity index (χ4v) is 2.96. The van der Waals surface area contributed by atoms with Crippen molar-refractivity contribution in [2.24, 2.45) is 0 Å². The number of ether oxygens (including phenoxy) is 1. The SMILES string of the molecule is O=C(Oc1ccccc1)N1CCCC1c1ccccc1Cl. The second-order valence-corrected chi connectivity index (χ2v) is 5.46. The van der Waals surface area contributed by atoms with Crippen molar-refractivity contribution >= 4 is 17.7 Å². The number of carbonyl (C=O) groups excluding carboxylic acids is 1. The maximum Gasteiger partial charge on any atom is 0.415 e. The van der Waals surface area contributed by atoms with Crippen LogP contribution >= 0.6 is 11.6 Å². The Kier molecular flexibility index (Phi) is 4.11. The predicted octanol–water partition coefficient (Wildman–Crippen LogP) is 4.68. The quantitative estimate of drug-likeness (QED) is 0.806. The van der Waals surface area contributed by atoms with E-state index in [4.69, 9.17) is 16.3 Å². The van der Waals surface area contributed by atoms with Crippen LogP contribution in [0.1, 0.15) is 24.4 Å². The number of likely N-dealkylation sites (tertiary alicyclic amines) is 1. The van der Waals surface area contributed by atoms with Gasteiger partial charge >= 0.3 is 6.09 Å². The van der Waals surface area contributed by atoms with Crippen LogP contribution in [-0.4, -0.2) is 17.5 Å². The topological polar surface area (TPSA) is 29.5 Å². The first-order valence-corrected chi connectivity index (χ1v) is 7.41. The summed E-state index contributed by atoms with van der Waals surface area (Å²) in [5.41, 5.74) is 0.988. The molecule has 1 unspecified atom stereocenters. The lowest BCUT2D eigenvalue weighted by molar-refractivity contribution is 0.147. The summed E-state index contributed by atoms with van der Waals surface area (Å²) < 4.78 is 5.43. The van der Waals surface area contributed by atoms with Crippen molar-refractivity contribution in [2.75, 3.05) is 6.54 Å². The Bertz CT molecular complexity index is 630. The predicted molar refractivity (Wildman–Crippen MR) is 82.6 cm³/mol. The van der Waals surface area contributed by atoms with E-state index in [1.165, 1.54) is 0 Å². The molecule has 0 bridgehead atoms. The Labute approximate surface area is 129 Å². The highest BCUT2D eigenvalue weighted by Gasteiger charge is 2.32. The second kappa shape index (κ2) is 6.19. The summed E-state index contributed by atoms with van der Waals surface area (Å²) in [6, 6.07) is 16.8. The largest absolute Gasteiger partial charge is 0.415 e. The lowest BCUT2D eigenvalue weighted by Crippen LogP contribution is -2.33. The van der Waals surface area contributed by atoms with Crippen molar-refractivity contribution in [3.8, 4) is 5.75 Å². The zero-order valence-electron chi connectivity index (χ0n) is 11.5. The molecule has 1 heterocycles. The molecule has 3 rings (SSSR count). The van der Waals surface area contributed by atoms with E-state index in [-0.39, 0.29) is 12.1 Å². The number of benzene rings is 2. The number of hydrogen-bond acceptors (Lipinski definition) is 2. The molecular weight excluding hydrogens is 286 g/mol. The van der Waals surface area contributed by atoms with Crippen molar-refractivity contribution in [3.63, 3.8) is 0 Å². The number of hydrogen-bond donors (Lipinski definition) is 0. The standard InChI is InChI=1S/C17H16ClNO2/c18-15-10-5-4-9-14(15)16-11-6-12-19(16)17(20)21-13-7-2-1-3-8-13/h1-5,7-10,16H,6,11-12H2. The molecule has 1 amide bonds. The van der Waals surface area contributed by atoms with Gasteiger partial charge in [0.25, 0.3) is 0 Å². The molecule has 0 N–H and O–H groups in total. The summed E-state index contributed by atoms with van der Waals surface area (Å²) in [7, 11) is 0. The monoisotopic (exact) mass is 301 g/mol. The number of rotatable bonds is 2. The van der Waals surface area contributed by atoms with Crippen LogP contribution in [0.3, 0.4) is 0 Å². The second-order valence-electron chi connectivity index (χ2n) is 5.05. The van der Waals surface area contributed by atoms with Crippen molar-refractivity contribution in [2.45, 2.75) is 18.9 Å². The Morgan fingerprint density at radius 3 is 2.57 bits per heavy atom. The Balaban J connectivity index is 1.78. The number of amides is 1. The molecule has 1 aliphatic heterocycles. The first-order chi connectivity index (χ1) is 10.3. The van der Waals surface area contributed by atoms with Crippen LogP contribution in [0.2, 0.25) is 5.02 Å². The Morgan fingerprint density at radius 2 is 1.81 bits per heavy atom. The fraction of sp³-hybridized carbons (Fsp3) is 0.235. The minimum Gasteiger partial charge on any atom is -0.410 e. The van der Waals surface area contributed by atoms with Crippen LogP contribution < -0.4 is 4.74 Å². The van der Waals surface area contributed by atoms with Gasteiger partial charge in [-0.1, -0.05) is 48.0 Å². The highest BCUT2D eigenvalue weighted by Crippen LogP contribution is 2.36. The van der Waals surface area contributed by atoms with Gasteiger partial charge in [0.15, 0.2) is 0 Å². The summed E-state index contributed by atoms with van der Waals surface area (Å²) in [5, 5.41) is 0.696. The van der Waals surface area contributed by atoms with E-state index >= 15 is 0 Å². The van der Waals surface area contributed by atoms with Gasteiger partial charge in [-0.15, -0.1) is 0 Å². The number of halogens is 1.